The Morgan fingerprint density at radius 2 is 2.05 bits per heavy atom. The van der Waals surface area contributed by atoms with Crippen LogP contribution in [0.25, 0.3) is 17.0 Å². The van der Waals surface area contributed by atoms with Gasteiger partial charge in [-0.05, 0) is 25.0 Å². The van der Waals surface area contributed by atoms with Gasteiger partial charge < -0.3 is 4.74 Å². The van der Waals surface area contributed by atoms with E-state index in [1.807, 2.05) is 24.3 Å². The van der Waals surface area contributed by atoms with E-state index in [9.17, 15) is 4.79 Å². The third-order valence-corrected chi connectivity index (χ3v) is 4.06. The third-order valence-electron chi connectivity index (χ3n) is 4.06. The first-order valence-electron chi connectivity index (χ1n) is 7.43. The highest BCUT2D eigenvalue weighted by molar-refractivity contribution is 5.57. The second kappa shape index (κ2) is 5.38. The van der Waals surface area contributed by atoms with E-state index in [1.54, 1.807) is 6.20 Å². The van der Waals surface area contributed by atoms with E-state index in [0.29, 0.717) is 23.0 Å². The van der Waals surface area contributed by atoms with Crippen molar-refractivity contribution in [1.29, 1.82) is 0 Å². The zero-order chi connectivity index (χ0) is 14.9. The molecule has 0 aromatic carbocycles. The van der Waals surface area contributed by atoms with E-state index < -0.39 is 0 Å². The molecule has 0 bridgehead atoms. The molecule has 1 saturated heterocycles. The number of nitrogens with one attached hydrogen (secondary N) is 1. The minimum absolute atomic E-state index is 0.121. The summed E-state index contributed by atoms with van der Waals surface area (Å²) < 4.78 is 6.89. The second-order valence-corrected chi connectivity index (χ2v) is 5.49. The number of aromatic amines is 1. The minimum atomic E-state index is -0.121. The molecule has 1 aliphatic heterocycles. The molecule has 0 unspecified atom stereocenters. The van der Waals surface area contributed by atoms with Crippen LogP contribution in [0.1, 0.15) is 24.5 Å². The molecule has 6 nitrogen and oxygen atoms in total. The Hall–Kier alpha value is -2.47. The van der Waals surface area contributed by atoms with E-state index >= 15 is 0 Å². The number of pyridine rings is 1. The molecule has 1 aliphatic rings. The smallest absolute Gasteiger partial charge is 0.273 e. The second-order valence-electron chi connectivity index (χ2n) is 5.49. The monoisotopic (exact) mass is 296 g/mol. The molecule has 6 heteroatoms. The van der Waals surface area contributed by atoms with Crippen molar-refractivity contribution < 1.29 is 4.74 Å². The molecule has 3 aromatic rings. The van der Waals surface area contributed by atoms with Gasteiger partial charge in [-0.2, -0.15) is 0 Å². The Labute approximate surface area is 126 Å². The van der Waals surface area contributed by atoms with Gasteiger partial charge in [-0.1, -0.05) is 6.07 Å². The van der Waals surface area contributed by atoms with E-state index in [4.69, 9.17) is 4.74 Å². The predicted octanol–water partition coefficient (Wildman–Crippen LogP) is 1.98. The van der Waals surface area contributed by atoms with Crippen molar-refractivity contribution in [2.75, 3.05) is 13.2 Å². The van der Waals surface area contributed by atoms with Gasteiger partial charge in [-0.3, -0.25) is 14.9 Å². The van der Waals surface area contributed by atoms with Crippen LogP contribution in [0.15, 0.2) is 41.3 Å². The minimum Gasteiger partial charge on any atom is -0.381 e. The Morgan fingerprint density at radius 3 is 2.82 bits per heavy atom. The number of hydrogen-bond acceptors (Lipinski definition) is 4. The summed E-state index contributed by atoms with van der Waals surface area (Å²) in [5.74, 6) is 0.396. The van der Waals surface area contributed by atoms with E-state index in [-0.39, 0.29) is 5.56 Å². The number of fused-ring (bicyclic) bond motifs is 1. The number of nitrogens with zero attached hydrogens (tertiary/aromatic N) is 3. The highest BCUT2D eigenvalue weighted by Crippen LogP contribution is 2.26. The van der Waals surface area contributed by atoms with Gasteiger partial charge >= 0.3 is 0 Å². The molecule has 0 atom stereocenters. The lowest BCUT2D eigenvalue weighted by Crippen LogP contribution is -2.17. The summed E-state index contributed by atoms with van der Waals surface area (Å²) in [5, 5.41) is 3.18. The van der Waals surface area contributed by atoms with Crippen molar-refractivity contribution in [3.63, 3.8) is 0 Å². The SMILES string of the molecule is O=c1cc(-c2ccccn2)nc2cc(C3CCOCC3)[nH]n12. The molecule has 22 heavy (non-hydrogen) atoms. The van der Waals surface area contributed by atoms with Crippen LogP contribution in [0.2, 0.25) is 0 Å². The molecular formula is C16H16N4O2. The summed E-state index contributed by atoms with van der Waals surface area (Å²) in [6.07, 6.45) is 3.63. The van der Waals surface area contributed by atoms with Gasteiger partial charge in [0.1, 0.15) is 0 Å². The Kier molecular flexibility index (Phi) is 3.23. The van der Waals surface area contributed by atoms with E-state index in [0.717, 1.165) is 31.7 Å². The van der Waals surface area contributed by atoms with Crippen molar-refractivity contribution in [3.05, 3.63) is 52.6 Å². The van der Waals surface area contributed by atoms with Crippen LogP contribution < -0.4 is 5.56 Å². The molecule has 0 saturated carbocycles. The largest absolute Gasteiger partial charge is 0.381 e. The van der Waals surface area contributed by atoms with Gasteiger partial charge in [0, 0.05) is 43.2 Å². The highest BCUT2D eigenvalue weighted by atomic mass is 16.5. The maximum absolute atomic E-state index is 12.3. The van der Waals surface area contributed by atoms with Crippen molar-refractivity contribution in [2.24, 2.45) is 0 Å². The standard InChI is InChI=1S/C16H16N4O2/c21-16-10-14(12-3-1-2-6-17-12)18-15-9-13(19-20(15)16)11-4-7-22-8-5-11/h1-3,6,9-11,19H,4-5,7-8H2. The lowest BCUT2D eigenvalue weighted by atomic mass is 9.97. The van der Waals surface area contributed by atoms with Crippen LogP contribution >= 0.6 is 0 Å². The summed E-state index contributed by atoms with van der Waals surface area (Å²) in [4.78, 5) is 21.1. The van der Waals surface area contributed by atoms with Gasteiger partial charge in [-0.15, -0.1) is 0 Å². The average molecular weight is 296 g/mol. The lowest BCUT2D eigenvalue weighted by molar-refractivity contribution is 0.0844. The number of hydrogen-bond donors (Lipinski definition) is 1. The van der Waals surface area contributed by atoms with Crippen LogP contribution in [0.5, 0.6) is 0 Å². The Bertz CT molecular complexity index is 847. The van der Waals surface area contributed by atoms with Crippen LogP contribution in [0, 0.1) is 0 Å². The maximum atomic E-state index is 12.3. The van der Waals surface area contributed by atoms with Gasteiger partial charge in [0.25, 0.3) is 5.56 Å². The molecule has 0 amide bonds. The molecule has 3 aromatic heterocycles. The fourth-order valence-corrected chi connectivity index (χ4v) is 2.87. The van der Waals surface area contributed by atoms with Crippen molar-refractivity contribution >= 4 is 5.65 Å². The first-order chi connectivity index (χ1) is 10.8. The lowest BCUT2D eigenvalue weighted by Gasteiger charge is -2.20. The van der Waals surface area contributed by atoms with Crippen molar-refractivity contribution in [1.82, 2.24) is 19.6 Å². The fraction of sp³-hybridized carbons (Fsp3) is 0.312. The molecule has 1 fully saturated rings. The Balaban J connectivity index is 1.79. The summed E-state index contributed by atoms with van der Waals surface area (Å²) in [6.45, 7) is 1.53. The highest BCUT2D eigenvalue weighted by Gasteiger charge is 2.19. The number of ether oxygens (including phenoxy) is 1. The van der Waals surface area contributed by atoms with Crippen LogP contribution in [0.3, 0.4) is 0 Å². The molecule has 1 N–H and O–H groups in total. The quantitative estimate of drug-likeness (QED) is 0.785. The zero-order valence-electron chi connectivity index (χ0n) is 12.0. The molecule has 0 radical (unpaired) electrons. The van der Waals surface area contributed by atoms with Gasteiger partial charge in [0.2, 0.25) is 0 Å². The predicted molar refractivity (Wildman–Crippen MR) is 81.8 cm³/mol. The summed E-state index contributed by atoms with van der Waals surface area (Å²) >= 11 is 0. The Morgan fingerprint density at radius 1 is 1.18 bits per heavy atom. The van der Waals surface area contributed by atoms with Crippen molar-refractivity contribution in [2.45, 2.75) is 18.8 Å². The van der Waals surface area contributed by atoms with Crippen LogP contribution in [0.4, 0.5) is 0 Å². The number of H-pyrrole nitrogens is 1. The van der Waals surface area contributed by atoms with Gasteiger partial charge in [0.05, 0.1) is 11.4 Å². The van der Waals surface area contributed by atoms with Crippen molar-refractivity contribution in [3.8, 4) is 11.4 Å². The zero-order valence-corrected chi connectivity index (χ0v) is 12.0. The molecule has 4 heterocycles. The third kappa shape index (κ3) is 2.31. The maximum Gasteiger partial charge on any atom is 0.273 e. The van der Waals surface area contributed by atoms with Crippen LogP contribution in [-0.2, 0) is 4.74 Å². The summed E-state index contributed by atoms with van der Waals surface area (Å²) in [7, 11) is 0. The average Bonchev–Trinajstić information content (AvgIpc) is 3.01. The molecule has 0 aliphatic carbocycles. The van der Waals surface area contributed by atoms with Gasteiger partial charge in [-0.25, -0.2) is 9.50 Å². The number of aromatic nitrogens is 4. The normalized spacial score (nSPS) is 16.2. The van der Waals surface area contributed by atoms with E-state index in [2.05, 4.69) is 15.1 Å². The fourth-order valence-electron chi connectivity index (χ4n) is 2.87. The molecular weight excluding hydrogens is 280 g/mol. The summed E-state index contributed by atoms with van der Waals surface area (Å²) in [5.41, 5.74) is 2.86. The van der Waals surface area contributed by atoms with Crippen LogP contribution in [-0.4, -0.2) is 32.8 Å². The van der Waals surface area contributed by atoms with Gasteiger partial charge in [0.15, 0.2) is 5.65 Å². The topological polar surface area (TPSA) is 72.3 Å². The first-order valence-corrected chi connectivity index (χ1v) is 7.43. The molecule has 4 rings (SSSR count). The molecule has 112 valence electrons. The summed E-state index contributed by atoms with van der Waals surface area (Å²) in [6, 6.07) is 9.05. The van der Waals surface area contributed by atoms with E-state index in [1.165, 1.54) is 10.6 Å². The first kappa shape index (κ1) is 13.2. The number of rotatable bonds is 2. The molecule has 0 spiro atoms.